The third-order valence-corrected chi connectivity index (χ3v) is 7.13. The van der Waals surface area contributed by atoms with Gasteiger partial charge in [0.2, 0.25) is 5.91 Å². The summed E-state index contributed by atoms with van der Waals surface area (Å²) in [4.78, 5) is 32.1. The fourth-order valence-electron chi connectivity index (χ4n) is 5.28. The Morgan fingerprint density at radius 3 is 2.35 bits per heavy atom. The van der Waals surface area contributed by atoms with E-state index in [2.05, 4.69) is 11.1 Å². The number of pyridine rings is 1. The van der Waals surface area contributed by atoms with Gasteiger partial charge in [-0.1, -0.05) is 19.9 Å². The van der Waals surface area contributed by atoms with E-state index >= 15 is 0 Å². The lowest BCUT2D eigenvalue weighted by Crippen LogP contribution is -2.45. The number of nitrogens with zero attached hydrogens (tertiary/aromatic N) is 1. The van der Waals surface area contributed by atoms with Crippen LogP contribution in [0.2, 0.25) is 0 Å². The number of aromatic nitrogens is 1. The molecule has 2 aromatic carbocycles. The minimum Gasteiger partial charge on any atom is -0.493 e. The highest BCUT2D eigenvalue weighted by Gasteiger charge is 2.36. The molecule has 1 amide bonds. The van der Waals surface area contributed by atoms with Gasteiger partial charge >= 0.3 is 0 Å². The molecular weight excluding hydrogens is 428 g/mol. The molecule has 0 fully saturated rings. The maximum Gasteiger partial charge on any atom is 0.254 e. The summed E-state index contributed by atoms with van der Waals surface area (Å²) in [5.74, 6) is 1.26. The number of nitrogens with one attached hydrogen (secondary N) is 1. The van der Waals surface area contributed by atoms with Crippen LogP contribution < -0.4 is 15.0 Å². The van der Waals surface area contributed by atoms with Gasteiger partial charge in [-0.3, -0.25) is 9.59 Å². The molecule has 0 spiro atoms. The molecule has 1 aliphatic rings. The van der Waals surface area contributed by atoms with Gasteiger partial charge in [-0.05, 0) is 79.6 Å². The van der Waals surface area contributed by atoms with Crippen LogP contribution in [0.4, 0.5) is 0 Å². The Kier molecular flexibility index (Phi) is 6.69. The van der Waals surface area contributed by atoms with E-state index in [-0.39, 0.29) is 17.4 Å². The van der Waals surface area contributed by atoms with Crippen LogP contribution in [0.25, 0.3) is 10.9 Å². The Balaban J connectivity index is 1.98. The highest BCUT2D eigenvalue weighted by Crippen LogP contribution is 2.41. The van der Waals surface area contributed by atoms with Gasteiger partial charge in [0.15, 0.2) is 11.5 Å². The Morgan fingerprint density at radius 2 is 1.71 bits per heavy atom. The molecule has 0 radical (unpaired) electrons. The molecule has 0 saturated heterocycles. The fourth-order valence-corrected chi connectivity index (χ4v) is 5.28. The van der Waals surface area contributed by atoms with Crippen molar-refractivity contribution in [1.29, 1.82) is 0 Å². The number of methoxy groups -OCH3 is 2. The molecule has 6 nitrogen and oxygen atoms in total. The number of fused-ring (bicyclic) bond motifs is 2. The molecule has 34 heavy (non-hydrogen) atoms. The van der Waals surface area contributed by atoms with Gasteiger partial charge in [0.25, 0.3) is 5.56 Å². The SMILES string of the molecule is CCC(CC)C(=O)N1CCc2cc(OC)c(OC)cc2C1c1cc2c(C)cc(C)cc2[nH]c1=O. The summed E-state index contributed by atoms with van der Waals surface area (Å²) in [7, 11) is 3.22. The number of ether oxygens (including phenoxy) is 2. The van der Waals surface area contributed by atoms with Gasteiger partial charge in [-0.25, -0.2) is 0 Å². The normalized spacial score (nSPS) is 15.5. The Morgan fingerprint density at radius 1 is 1.03 bits per heavy atom. The molecule has 1 unspecified atom stereocenters. The van der Waals surface area contributed by atoms with Crippen molar-refractivity contribution in [3.05, 3.63) is 68.5 Å². The quantitative estimate of drug-likeness (QED) is 0.555. The minimum atomic E-state index is -0.495. The number of aryl methyl sites for hydroxylation is 2. The largest absolute Gasteiger partial charge is 0.493 e. The van der Waals surface area contributed by atoms with E-state index < -0.39 is 6.04 Å². The average Bonchev–Trinajstić information content (AvgIpc) is 2.82. The Hall–Kier alpha value is -3.28. The highest BCUT2D eigenvalue weighted by atomic mass is 16.5. The minimum absolute atomic E-state index is 0.0758. The van der Waals surface area contributed by atoms with E-state index in [0.717, 1.165) is 46.0 Å². The van der Waals surface area contributed by atoms with Gasteiger partial charge in [-0.15, -0.1) is 0 Å². The molecule has 1 atom stereocenters. The number of carbonyl (C=O) groups excluding carboxylic acids is 1. The lowest BCUT2D eigenvalue weighted by molar-refractivity contribution is -0.138. The number of aromatic amines is 1. The van der Waals surface area contributed by atoms with Crippen molar-refractivity contribution in [3.8, 4) is 11.5 Å². The predicted octanol–water partition coefficient (Wildman–Crippen LogP) is 5.07. The average molecular weight is 463 g/mol. The third kappa shape index (κ3) is 4.06. The van der Waals surface area contributed by atoms with E-state index in [1.54, 1.807) is 14.2 Å². The lowest BCUT2D eigenvalue weighted by Gasteiger charge is -2.39. The van der Waals surface area contributed by atoms with Crippen LogP contribution >= 0.6 is 0 Å². The summed E-state index contributed by atoms with van der Waals surface area (Å²) in [6.07, 6.45) is 2.23. The van der Waals surface area contributed by atoms with Crippen LogP contribution in [0.1, 0.15) is 60.5 Å². The summed E-state index contributed by atoms with van der Waals surface area (Å²) >= 11 is 0. The first-order valence-electron chi connectivity index (χ1n) is 12.0. The van der Waals surface area contributed by atoms with Crippen LogP contribution in [-0.2, 0) is 11.2 Å². The van der Waals surface area contributed by atoms with Gasteiger partial charge in [0.05, 0.1) is 20.3 Å². The third-order valence-electron chi connectivity index (χ3n) is 7.13. The zero-order valence-electron chi connectivity index (χ0n) is 21.0. The van der Waals surface area contributed by atoms with Crippen LogP contribution in [0.15, 0.2) is 35.1 Å². The number of amides is 1. The fraction of sp³-hybridized carbons (Fsp3) is 0.429. The summed E-state index contributed by atoms with van der Waals surface area (Å²) < 4.78 is 11.1. The van der Waals surface area contributed by atoms with E-state index in [4.69, 9.17) is 9.47 Å². The van der Waals surface area contributed by atoms with Crippen molar-refractivity contribution in [1.82, 2.24) is 9.88 Å². The van der Waals surface area contributed by atoms with Gasteiger partial charge in [0.1, 0.15) is 0 Å². The zero-order chi connectivity index (χ0) is 24.6. The van der Waals surface area contributed by atoms with Crippen LogP contribution in [0, 0.1) is 19.8 Å². The summed E-state index contributed by atoms with van der Waals surface area (Å²) in [6.45, 7) is 8.70. The maximum atomic E-state index is 13.7. The number of H-pyrrole nitrogens is 1. The van der Waals surface area contributed by atoms with Gasteiger partial charge < -0.3 is 19.4 Å². The lowest BCUT2D eigenvalue weighted by atomic mass is 9.86. The molecule has 6 heteroatoms. The standard InChI is InChI=1S/C28H34N2O4/c1-7-18(8-2)28(32)30-10-9-19-13-24(33-5)25(34-6)15-21(19)26(30)22-14-20-17(4)11-16(3)12-23(20)29-27(22)31/h11-15,18,26H,7-10H2,1-6H3,(H,29,31). The van der Waals surface area contributed by atoms with Gasteiger partial charge in [0, 0.05) is 28.9 Å². The second-order valence-electron chi connectivity index (χ2n) is 9.20. The number of hydrogen-bond donors (Lipinski definition) is 1. The first kappa shape index (κ1) is 23.9. The molecule has 0 saturated carbocycles. The summed E-state index contributed by atoms with van der Waals surface area (Å²) in [5.41, 5.74) is 5.38. The van der Waals surface area contributed by atoms with Crippen LogP contribution in [0.3, 0.4) is 0 Å². The van der Waals surface area contributed by atoms with Crippen LogP contribution in [-0.4, -0.2) is 36.6 Å². The molecule has 1 aromatic heterocycles. The van der Waals surface area contributed by atoms with Crippen LogP contribution in [0.5, 0.6) is 11.5 Å². The summed E-state index contributed by atoms with van der Waals surface area (Å²) in [6, 6.07) is 9.47. The Labute approximate surface area is 200 Å². The molecule has 2 heterocycles. The topological polar surface area (TPSA) is 71.6 Å². The predicted molar refractivity (Wildman–Crippen MR) is 135 cm³/mol. The molecule has 0 aliphatic carbocycles. The smallest absolute Gasteiger partial charge is 0.254 e. The van der Waals surface area contributed by atoms with Crippen molar-refractivity contribution < 1.29 is 14.3 Å². The van der Waals surface area contributed by atoms with Crippen molar-refractivity contribution >= 4 is 16.8 Å². The van der Waals surface area contributed by atoms with E-state index in [9.17, 15) is 9.59 Å². The molecule has 4 rings (SSSR count). The summed E-state index contributed by atoms with van der Waals surface area (Å²) in [5, 5.41) is 0.989. The van der Waals surface area contributed by atoms with Gasteiger partial charge in [-0.2, -0.15) is 0 Å². The molecule has 180 valence electrons. The molecule has 0 bridgehead atoms. The Bertz CT molecular complexity index is 1290. The van der Waals surface area contributed by atoms with E-state index in [1.165, 1.54) is 0 Å². The van der Waals surface area contributed by atoms with E-state index in [1.807, 2.05) is 56.9 Å². The molecule has 3 aromatic rings. The zero-order valence-corrected chi connectivity index (χ0v) is 21.0. The second-order valence-corrected chi connectivity index (χ2v) is 9.20. The first-order valence-corrected chi connectivity index (χ1v) is 12.0. The highest BCUT2D eigenvalue weighted by molar-refractivity contribution is 5.84. The monoisotopic (exact) mass is 462 g/mol. The van der Waals surface area contributed by atoms with Crippen molar-refractivity contribution in [2.75, 3.05) is 20.8 Å². The van der Waals surface area contributed by atoms with Crippen molar-refractivity contribution in [3.63, 3.8) is 0 Å². The van der Waals surface area contributed by atoms with Crippen molar-refractivity contribution in [2.45, 2.75) is 53.0 Å². The molecular formula is C28H34N2O4. The number of benzene rings is 2. The number of hydrogen-bond acceptors (Lipinski definition) is 4. The second kappa shape index (κ2) is 9.53. The first-order chi connectivity index (χ1) is 16.3. The number of carbonyl (C=O) groups is 1. The van der Waals surface area contributed by atoms with E-state index in [0.29, 0.717) is 30.0 Å². The van der Waals surface area contributed by atoms with Crippen molar-refractivity contribution in [2.24, 2.45) is 5.92 Å². The molecule has 1 N–H and O–H groups in total. The molecule has 1 aliphatic heterocycles. The number of rotatable bonds is 6. The maximum absolute atomic E-state index is 13.7.